The zero-order chi connectivity index (χ0) is 20.4. The number of benzene rings is 1. The van der Waals surface area contributed by atoms with E-state index in [9.17, 15) is 19.4 Å². The summed E-state index contributed by atoms with van der Waals surface area (Å²) in [6.45, 7) is 0.0799. The van der Waals surface area contributed by atoms with Crippen LogP contribution in [0.25, 0.3) is 0 Å². The second-order valence-electron chi connectivity index (χ2n) is 7.13. The molecule has 0 heterocycles. The van der Waals surface area contributed by atoms with E-state index in [-0.39, 0.29) is 31.3 Å². The number of carboxylic acids is 1. The molecule has 28 heavy (non-hydrogen) atoms. The van der Waals surface area contributed by atoms with Crippen LogP contribution in [-0.4, -0.2) is 46.3 Å². The van der Waals surface area contributed by atoms with Gasteiger partial charge in [-0.3, -0.25) is 4.79 Å². The van der Waals surface area contributed by atoms with Crippen LogP contribution in [0.3, 0.4) is 0 Å². The highest BCUT2D eigenvalue weighted by Gasteiger charge is 2.40. The molecule has 5 atom stereocenters. The van der Waals surface area contributed by atoms with Crippen molar-refractivity contribution < 1.29 is 29.2 Å². The summed E-state index contributed by atoms with van der Waals surface area (Å²) >= 11 is 0. The third kappa shape index (κ3) is 7.44. The molecule has 6 heteroatoms. The number of aliphatic hydroxyl groups is 2. The molecule has 1 aromatic rings. The summed E-state index contributed by atoms with van der Waals surface area (Å²) in [5, 5.41) is 28.8. The first-order valence-electron chi connectivity index (χ1n) is 9.70. The van der Waals surface area contributed by atoms with Crippen LogP contribution in [0.15, 0.2) is 54.6 Å². The molecule has 2 rings (SSSR count). The van der Waals surface area contributed by atoms with Crippen LogP contribution in [0.1, 0.15) is 32.1 Å². The van der Waals surface area contributed by atoms with E-state index < -0.39 is 24.3 Å². The maximum absolute atomic E-state index is 14.3. The first kappa shape index (κ1) is 22.1. The lowest BCUT2D eigenvalue weighted by Crippen LogP contribution is -2.20. The lowest BCUT2D eigenvalue weighted by molar-refractivity contribution is -0.137. The average molecular weight is 392 g/mol. The number of ether oxygens (including phenoxy) is 1. The Morgan fingerprint density at radius 3 is 2.75 bits per heavy atom. The number of alkyl halides is 1. The number of para-hydroxylation sites is 1. The molecule has 154 valence electrons. The van der Waals surface area contributed by atoms with E-state index in [1.807, 2.05) is 30.4 Å². The van der Waals surface area contributed by atoms with Crippen molar-refractivity contribution in [3.8, 4) is 5.75 Å². The number of rotatable bonds is 11. The van der Waals surface area contributed by atoms with E-state index in [2.05, 4.69) is 0 Å². The Balaban J connectivity index is 1.82. The van der Waals surface area contributed by atoms with Crippen LogP contribution in [-0.2, 0) is 4.79 Å². The van der Waals surface area contributed by atoms with Gasteiger partial charge in [0.1, 0.15) is 24.6 Å². The molecule has 1 fully saturated rings. The van der Waals surface area contributed by atoms with E-state index in [4.69, 9.17) is 9.84 Å². The molecular weight excluding hydrogens is 363 g/mol. The van der Waals surface area contributed by atoms with E-state index in [0.29, 0.717) is 25.0 Å². The fourth-order valence-electron chi connectivity index (χ4n) is 3.42. The molecule has 0 amide bonds. The van der Waals surface area contributed by atoms with Crippen LogP contribution in [0.2, 0.25) is 0 Å². The summed E-state index contributed by atoms with van der Waals surface area (Å²) in [4.78, 5) is 10.5. The average Bonchev–Trinajstić information content (AvgIpc) is 2.94. The highest BCUT2D eigenvalue weighted by molar-refractivity contribution is 5.66. The minimum absolute atomic E-state index is 0.0799. The molecule has 1 aliphatic carbocycles. The van der Waals surface area contributed by atoms with Gasteiger partial charge in [-0.2, -0.15) is 0 Å². The highest BCUT2D eigenvalue weighted by Crippen LogP contribution is 2.38. The van der Waals surface area contributed by atoms with Gasteiger partial charge in [-0.1, -0.05) is 42.5 Å². The van der Waals surface area contributed by atoms with Gasteiger partial charge in [0.15, 0.2) is 0 Å². The minimum atomic E-state index is -1.11. The first-order chi connectivity index (χ1) is 13.5. The number of aliphatic carboxylic acids is 1. The Morgan fingerprint density at radius 2 is 2.04 bits per heavy atom. The van der Waals surface area contributed by atoms with Crippen molar-refractivity contribution in [3.63, 3.8) is 0 Å². The lowest BCUT2D eigenvalue weighted by atomic mass is 9.90. The highest BCUT2D eigenvalue weighted by atomic mass is 19.1. The summed E-state index contributed by atoms with van der Waals surface area (Å²) in [6, 6.07) is 9.15. The summed E-state index contributed by atoms with van der Waals surface area (Å²) in [5.74, 6) is -0.893. The van der Waals surface area contributed by atoms with Gasteiger partial charge in [0.05, 0.1) is 6.10 Å². The van der Waals surface area contributed by atoms with E-state index in [0.717, 1.165) is 0 Å². The molecule has 0 bridgehead atoms. The number of carboxylic acid groups (broad SMARTS) is 1. The van der Waals surface area contributed by atoms with E-state index in [1.165, 1.54) is 0 Å². The third-order valence-electron chi connectivity index (χ3n) is 4.93. The second kappa shape index (κ2) is 11.6. The Kier molecular flexibility index (Phi) is 9.17. The van der Waals surface area contributed by atoms with Crippen LogP contribution >= 0.6 is 0 Å². The van der Waals surface area contributed by atoms with Crippen LogP contribution < -0.4 is 4.74 Å². The standard InChI is InChI=1S/C22H29FO5/c23-20-14-21(25)19(18(20)10-6-1-2-7-11-22(26)27)13-12-16(24)15-28-17-8-4-3-5-9-17/h1,3-6,8-9,12-13,16,18-21,24-25H,2,7,10-11,14-15H2,(H,26,27)/b6-1+,13-12+. The Labute approximate surface area is 165 Å². The Morgan fingerprint density at radius 1 is 1.29 bits per heavy atom. The van der Waals surface area contributed by atoms with Crippen molar-refractivity contribution in [3.05, 3.63) is 54.6 Å². The predicted molar refractivity (Wildman–Crippen MR) is 105 cm³/mol. The maximum atomic E-state index is 14.3. The topological polar surface area (TPSA) is 87.0 Å². The van der Waals surface area contributed by atoms with Gasteiger partial charge < -0.3 is 20.1 Å². The monoisotopic (exact) mass is 392 g/mol. The molecule has 1 aliphatic rings. The molecule has 3 N–H and O–H groups in total. The van der Waals surface area contributed by atoms with Gasteiger partial charge in [0, 0.05) is 24.7 Å². The van der Waals surface area contributed by atoms with Gasteiger partial charge in [-0.15, -0.1) is 0 Å². The lowest BCUT2D eigenvalue weighted by Gasteiger charge is -2.19. The fourth-order valence-corrected chi connectivity index (χ4v) is 3.42. The SMILES string of the molecule is O=C(O)CCC/C=C/CC1C(F)CC(O)C1/C=C/C(O)COc1ccccc1. The number of halogens is 1. The zero-order valence-corrected chi connectivity index (χ0v) is 15.9. The van der Waals surface area contributed by atoms with Crippen molar-refractivity contribution in [2.75, 3.05) is 6.61 Å². The number of hydrogen-bond acceptors (Lipinski definition) is 4. The summed E-state index contributed by atoms with van der Waals surface area (Å²) in [5.41, 5.74) is 0. The van der Waals surface area contributed by atoms with Gasteiger partial charge in [0.2, 0.25) is 0 Å². The molecule has 0 saturated heterocycles. The van der Waals surface area contributed by atoms with Crippen molar-refractivity contribution in [2.24, 2.45) is 11.8 Å². The molecule has 0 radical (unpaired) electrons. The van der Waals surface area contributed by atoms with Crippen LogP contribution in [0.5, 0.6) is 5.75 Å². The molecule has 0 aromatic heterocycles. The second-order valence-corrected chi connectivity index (χ2v) is 7.13. The largest absolute Gasteiger partial charge is 0.491 e. The quantitative estimate of drug-likeness (QED) is 0.396. The summed E-state index contributed by atoms with van der Waals surface area (Å²) < 4.78 is 19.8. The van der Waals surface area contributed by atoms with Crippen LogP contribution in [0.4, 0.5) is 4.39 Å². The number of carbonyl (C=O) groups is 1. The smallest absolute Gasteiger partial charge is 0.303 e. The maximum Gasteiger partial charge on any atom is 0.303 e. The van der Waals surface area contributed by atoms with Gasteiger partial charge in [-0.25, -0.2) is 4.39 Å². The van der Waals surface area contributed by atoms with Crippen molar-refractivity contribution in [1.29, 1.82) is 0 Å². The zero-order valence-electron chi connectivity index (χ0n) is 15.9. The van der Waals surface area contributed by atoms with Gasteiger partial charge >= 0.3 is 5.97 Å². The molecule has 1 aromatic carbocycles. The third-order valence-corrected chi connectivity index (χ3v) is 4.93. The fraction of sp³-hybridized carbons (Fsp3) is 0.500. The Hall–Kier alpha value is -2.18. The molecule has 5 nitrogen and oxygen atoms in total. The number of hydrogen-bond donors (Lipinski definition) is 3. The number of aliphatic hydroxyl groups excluding tert-OH is 2. The molecular formula is C22H29FO5. The van der Waals surface area contributed by atoms with Crippen molar-refractivity contribution in [2.45, 2.75) is 50.5 Å². The van der Waals surface area contributed by atoms with Gasteiger partial charge in [-0.05, 0) is 31.4 Å². The van der Waals surface area contributed by atoms with E-state index in [1.54, 1.807) is 24.3 Å². The Bertz CT molecular complexity index is 646. The molecule has 0 aliphatic heterocycles. The summed E-state index contributed by atoms with van der Waals surface area (Å²) in [7, 11) is 0. The molecule has 1 saturated carbocycles. The number of allylic oxidation sites excluding steroid dienone is 2. The number of unbranched alkanes of at least 4 members (excludes halogenated alkanes) is 1. The van der Waals surface area contributed by atoms with Crippen molar-refractivity contribution >= 4 is 5.97 Å². The first-order valence-corrected chi connectivity index (χ1v) is 9.70. The predicted octanol–water partition coefficient (Wildman–Crippen LogP) is 3.52. The minimum Gasteiger partial charge on any atom is -0.491 e. The normalized spacial score (nSPS) is 26.1. The van der Waals surface area contributed by atoms with Crippen molar-refractivity contribution in [1.82, 2.24) is 0 Å². The molecule has 0 spiro atoms. The van der Waals surface area contributed by atoms with Gasteiger partial charge in [0.25, 0.3) is 0 Å². The van der Waals surface area contributed by atoms with Crippen LogP contribution in [0, 0.1) is 11.8 Å². The molecule has 5 unspecified atom stereocenters. The van der Waals surface area contributed by atoms with E-state index >= 15 is 0 Å². The summed E-state index contributed by atoms with van der Waals surface area (Å²) in [6.07, 6.45) is 6.08.